The van der Waals surface area contributed by atoms with E-state index in [0.717, 1.165) is 34.8 Å². The summed E-state index contributed by atoms with van der Waals surface area (Å²) < 4.78 is 5.54. The predicted octanol–water partition coefficient (Wildman–Crippen LogP) is 3.18. The van der Waals surface area contributed by atoms with Gasteiger partial charge in [0, 0.05) is 22.0 Å². The van der Waals surface area contributed by atoms with Crippen LogP contribution in [0.25, 0.3) is 10.8 Å². The maximum absolute atomic E-state index is 12.0. The Bertz CT molecular complexity index is 678. The number of fused-ring (bicyclic) bond motifs is 1. The molecule has 0 bridgehead atoms. The summed E-state index contributed by atoms with van der Waals surface area (Å²) in [5.74, 6) is -0.194. The summed E-state index contributed by atoms with van der Waals surface area (Å²) in [5.41, 5.74) is 0.823. The summed E-state index contributed by atoms with van der Waals surface area (Å²) >= 11 is 3.41. The van der Waals surface area contributed by atoms with Crippen LogP contribution in [0.5, 0.6) is 0 Å². The quantitative estimate of drug-likeness (QED) is 0.673. The number of rotatable bonds is 5. The van der Waals surface area contributed by atoms with Crippen LogP contribution in [0.3, 0.4) is 0 Å². The van der Waals surface area contributed by atoms with Gasteiger partial charge in [0.1, 0.15) is 0 Å². The van der Waals surface area contributed by atoms with E-state index in [-0.39, 0.29) is 11.5 Å². The van der Waals surface area contributed by atoms with Gasteiger partial charge >= 0.3 is 5.97 Å². The number of aryl methyl sites for hydroxylation is 1. The third-order valence-electron chi connectivity index (χ3n) is 3.17. The van der Waals surface area contributed by atoms with Crippen molar-refractivity contribution in [1.82, 2.24) is 4.98 Å². The number of esters is 1. The maximum atomic E-state index is 12.0. The average molecular weight is 338 g/mol. The Hall–Kier alpha value is -1.62. The van der Waals surface area contributed by atoms with Gasteiger partial charge in [0.2, 0.25) is 0 Å². The number of aromatic nitrogens is 1. The highest BCUT2D eigenvalue weighted by molar-refractivity contribution is 9.10. The van der Waals surface area contributed by atoms with Gasteiger partial charge in [-0.2, -0.15) is 0 Å². The summed E-state index contributed by atoms with van der Waals surface area (Å²) in [4.78, 5) is 25.8. The number of carbonyl (C=O) groups excluding carboxylic acids is 1. The van der Waals surface area contributed by atoms with Gasteiger partial charge in [-0.1, -0.05) is 15.9 Å². The number of aromatic amines is 1. The fourth-order valence-corrected chi connectivity index (χ4v) is 2.50. The van der Waals surface area contributed by atoms with E-state index in [1.807, 2.05) is 18.2 Å². The number of ether oxygens (including phenoxy) is 1. The average Bonchev–Trinajstić information content (AvgIpc) is 2.42. The number of H-pyrrole nitrogens is 1. The number of pyridine rings is 1. The molecule has 1 aromatic carbocycles. The number of methoxy groups -OCH3 is 1. The second kappa shape index (κ2) is 6.70. The molecule has 0 unspecified atom stereocenters. The molecule has 0 fully saturated rings. The van der Waals surface area contributed by atoms with Gasteiger partial charge in [0.05, 0.1) is 7.11 Å². The van der Waals surface area contributed by atoms with Crippen LogP contribution in [-0.4, -0.2) is 18.1 Å². The Balaban J connectivity index is 2.07. The first-order chi connectivity index (χ1) is 9.60. The fraction of sp³-hybridized carbons (Fsp3) is 0.333. The zero-order chi connectivity index (χ0) is 14.5. The van der Waals surface area contributed by atoms with Gasteiger partial charge in [-0.15, -0.1) is 0 Å². The number of halogens is 1. The van der Waals surface area contributed by atoms with Crippen molar-refractivity contribution in [1.29, 1.82) is 0 Å². The molecule has 0 spiro atoms. The van der Waals surface area contributed by atoms with Crippen molar-refractivity contribution in [2.24, 2.45) is 0 Å². The lowest BCUT2D eigenvalue weighted by Crippen LogP contribution is -2.09. The molecule has 0 atom stereocenters. The van der Waals surface area contributed by atoms with Crippen LogP contribution in [-0.2, 0) is 16.0 Å². The first-order valence-electron chi connectivity index (χ1n) is 6.48. The summed E-state index contributed by atoms with van der Waals surface area (Å²) in [6.07, 6.45) is 2.75. The lowest BCUT2D eigenvalue weighted by atomic mass is 10.1. The molecule has 0 saturated heterocycles. The van der Waals surface area contributed by atoms with Gasteiger partial charge in [0.15, 0.2) is 0 Å². The van der Waals surface area contributed by atoms with E-state index in [1.54, 1.807) is 6.07 Å². The minimum atomic E-state index is -0.194. The standard InChI is InChI=1S/C15H16BrNO3/c1-20-14(18)5-3-2-4-12-9-10-8-11(16)6-7-13(10)15(19)17-12/h6-9H,2-5H2,1H3,(H,17,19). The molecule has 1 N–H and O–H groups in total. The van der Waals surface area contributed by atoms with Crippen LogP contribution in [0, 0.1) is 0 Å². The van der Waals surface area contributed by atoms with E-state index in [4.69, 9.17) is 0 Å². The zero-order valence-electron chi connectivity index (χ0n) is 11.2. The van der Waals surface area contributed by atoms with Crippen molar-refractivity contribution in [2.45, 2.75) is 25.7 Å². The minimum absolute atomic E-state index is 0.0713. The lowest BCUT2D eigenvalue weighted by molar-refractivity contribution is -0.140. The van der Waals surface area contributed by atoms with Gasteiger partial charge in [-0.3, -0.25) is 9.59 Å². The van der Waals surface area contributed by atoms with Gasteiger partial charge in [0.25, 0.3) is 5.56 Å². The summed E-state index contributed by atoms with van der Waals surface area (Å²) in [5, 5.41) is 1.61. The molecule has 1 heterocycles. The first kappa shape index (κ1) is 14.8. The van der Waals surface area contributed by atoms with E-state index < -0.39 is 0 Å². The van der Waals surface area contributed by atoms with Crippen molar-refractivity contribution in [3.63, 3.8) is 0 Å². The Morgan fingerprint density at radius 2 is 2.10 bits per heavy atom. The molecule has 5 heteroatoms. The van der Waals surface area contributed by atoms with Crippen LogP contribution < -0.4 is 5.56 Å². The molecule has 0 amide bonds. The minimum Gasteiger partial charge on any atom is -0.469 e. The molecule has 0 radical (unpaired) electrons. The van der Waals surface area contributed by atoms with Crippen LogP contribution in [0.15, 0.2) is 33.5 Å². The Morgan fingerprint density at radius 3 is 2.85 bits per heavy atom. The summed E-state index contributed by atoms with van der Waals surface area (Å²) in [6, 6.07) is 7.58. The fourth-order valence-electron chi connectivity index (χ4n) is 2.12. The van der Waals surface area contributed by atoms with E-state index in [1.165, 1.54) is 7.11 Å². The smallest absolute Gasteiger partial charge is 0.305 e. The summed E-state index contributed by atoms with van der Waals surface area (Å²) in [6.45, 7) is 0. The monoisotopic (exact) mass is 337 g/mol. The van der Waals surface area contributed by atoms with Gasteiger partial charge in [-0.25, -0.2) is 0 Å². The Morgan fingerprint density at radius 1 is 1.30 bits per heavy atom. The molecule has 4 nitrogen and oxygen atoms in total. The molecule has 1 aromatic heterocycles. The first-order valence-corrected chi connectivity index (χ1v) is 7.28. The van der Waals surface area contributed by atoms with Crippen molar-refractivity contribution in [3.05, 3.63) is 44.8 Å². The molecule has 106 valence electrons. The van der Waals surface area contributed by atoms with Crippen LogP contribution in [0.2, 0.25) is 0 Å². The van der Waals surface area contributed by atoms with E-state index >= 15 is 0 Å². The van der Waals surface area contributed by atoms with Crippen LogP contribution >= 0.6 is 15.9 Å². The largest absolute Gasteiger partial charge is 0.469 e. The van der Waals surface area contributed by atoms with E-state index in [0.29, 0.717) is 11.8 Å². The van der Waals surface area contributed by atoms with Crippen molar-refractivity contribution in [3.8, 4) is 0 Å². The third kappa shape index (κ3) is 3.70. The number of nitrogens with one attached hydrogen (secondary N) is 1. The number of hydrogen-bond donors (Lipinski definition) is 1. The second-order valence-electron chi connectivity index (χ2n) is 4.64. The second-order valence-corrected chi connectivity index (χ2v) is 5.55. The highest BCUT2D eigenvalue weighted by atomic mass is 79.9. The topological polar surface area (TPSA) is 59.2 Å². The normalized spacial score (nSPS) is 10.7. The molecule has 0 saturated carbocycles. The lowest BCUT2D eigenvalue weighted by Gasteiger charge is -2.04. The molecule has 2 rings (SSSR count). The highest BCUT2D eigenvalue weighted by Crippen LogP contribution is 2.18. The zero-order valence-corrected chi connectivity index (χ0v) is 12.8. The summed E-state index contributed by atoms with van der Waals surface area (Å²) in [7, 11) is 1.39. The van der Waals surface area contributed by atoms with E-state index in [2.05, 4.69) is 25.7 Å². The number of hydrogen-bond acceptors (Lipinski definition) is 3. The predicted molar refractivity (Wildman–Crippen MR) is 81.8 cm³/mol. The molecular weight excluding hydrogens is 322 g/mol. The Kier molecular flexibility index (Phi) is 4.95. The number of carbonyl (C=O) groups is 1. The van der Waals surface area contributed by atoms with Gasteiger partial charge < -0.3 is 9.72 Å². The molecular formula is C15H16BrNO3. The molecule has 0 aliphatic carbocycles. The van der Waals surface area contributed by atoms with Crippen molar-refractivity contribution < 1.29 is 9.53 Å². The molecule has 2 aromatic rings. The van der Waals surface area contributed by atoms with Crippen LogP contribution in [0.4, 0.5) is 0 Å². The van der Waals surface area contributed by atoms with Crippen LogP contribution in [0.1, 0.15) is 25.0 Å². The molecule has 0 aliphatic rings. The van der Waals surface area contributed by atoms with E-state index in [9.17, 15) is 9.59 Å². The van der Waals surface area contributed by atoms with Crippen molar-refractivity contribution in [2.75, 3.05) is 7.11 Å². The number of unbranched alkanes of at least 4 members (excludes halogenated alkanes) is 1. The third-order valence-corrected chi connectivity index (χ3v) is 3.66. The van der Waals surface area contributed by atoms with Gasteiger partial charge in [-0.05, 0) is 48.9 Å². The highest BCUT2D eigenvalue weighted by Gasteiger charge is 2.04. The molecule has 0 aliphatic heterocycles. The SMILES string of the molecule is COC(=O)CCCCc1cc2cc(Br)ccc2c(=O)[nH]1. The molecule has 20 heavy (non-hydrogen) atoms. The maximum Gasteiger partial charge on any atom is 0.305 e. The number of benzene rings is 1. The Labute approximate surface area is 125 Å². The van der Waals surface area contributed by atoms with Crippen molar-refractivity contribution >= 4 is 32.7 Å².